The van der Waals surface area contributed by atoms with Gasteiger partial charge in [-0.3, -0.25) is 9.59 Å². The molecule has 0 spiro atoms. The molecular formula is C34H49N3O6. The Hall–Kier alpha value is -3.88. The first-order chi connectivity index (χ1) is 19.8. The summed E-state index contributed by atoms with van der Waals surface area (Å²) in [5.41, 5.74) is 1.58. The van der Waals surface area contributed by atoms with Gasteiger partial charge in [-0.25, -0.2) is 9.59 Å². The van der Waals surface area contributed by atoms with E-state index in [0.717, 1.165) is 16.7 Å². The third-order valence-corrected chi connectivity index (χ3v) is 6.55. The summed E-state index contributed by atoms with van der Waals surface area (Å²) in [4.78, 5) is 55.8. The van der Waals surface area contributed by atoms with Crippen molar-refractivity contribution < 1.29 is 28.7 Å². The molecule has 0 fully saturated rings. The second kappa shape index (κ2) is 14.5. The van der Waals surface area contributed by atoms with Crippen molar-refractivity contribution in [1.29, 1.82) is 0 Å². The van der Waals surface area contributed by atoms with Crippen LogP contribution in [0, 0.1) is 13.8 Å². The van der Waals surface area contributed by atoms with Gasteiger partial charge < -0.3 is 25.0 Å². The Balaban J connectivity index is 2.57. The van der Waals surface area contributed by atoms with Gasteiger partial charge in [0.05, 0.1) is 0 Å². The highest BCUT2D eigenvalue weighted by Crippen LogP contribution is 2.30. The van der Waals surface area contributed by atoms with Gasteiger partial charge in [0.1, 0.15) is 29.3 Å². The first-order valence-corrected chi connectivity index (χ1v) is 14.8. The molecule has 0 saturated heterocycles. The summed E-state index contributed by atoms with van der Waals surface area (Å²) in [6, 6.07) is 11.4. The monoisotopic (exact) mass is 595 g/mol. The molecule has 2 aromatic carbocycles. The maximum absolute atomic E-state index is 14.4. The third-order valence-electron chi connectivity index (χ3n) is 6.55. The summed E-state index contributed by atoms with van der Waals surface area (Å²) in [6.07, 6.45) is -0.536. The van der Waals surface area contributed by atoms with E-state index in [0.29, 0.717) is 5.56 Å². The number of amides is 3. The number of hydrogen-bond acceptors (Lipinski definition) is 6. The van der Waals surface area contributed by atoms with E-state index in [1.54, 1.807) is 62.3 Å². The fourth-order valence-electron chi connectivity index (χ4n) is 4.77. The standard InChI is InChI=1S/C34H49N3O6/c1-21(2)37(30(39)24(5)35-32(41)43-34(9,10)11)28(27-22(3)16-15-17-23(27)4)29(38)36-26(31(40)42-33(6,7)8)20-25-18-13-12-14-19-25/h12-19,21,24,26,28H,20H2,1-11H3,(H,35,41)(H,36,38). The Bertz CT molecular complexity index is 1260. The summed E-state index contributed by atoms with van der Waals surface area (Å²) in [5.74, 6) is -1.58. The molecule has 0 radical (unpaired) electrons. The van der Waals surface area contributed by atoms with Crippen LogP contribution in [-0.2, 0) is 30.3 Å². The number of rotatable bonds is 10. The van der Waals surface area contributed by atoms with Crippen LogP contribution in [0.2, 0.25) is 0 Å². The van der Waals surface area contributed by atoms with Gasteiger partial charge in [0.25, 0.3) is 0 Å². The van der Waals surface area contributed by atoms with Crippen LogP contribution in [0.5, 0.6) is 0 Å². The molecule has 9 nitrogen and oxygen atoms in total. The van der Waals surface area contributed by atoms with Crippen molar-refractivity contribution in [2.45, 2.75) is 118 Å². The van der Waals surface area contributed by atoms with Crippen molar-refractivity contribution in [2.75, 3.05) is 0 Å². The second-order valence-corrected chi connectivity index (χ2v) is 13.2. The first kappa shape index (κ1) is 35.3. The van der Waals surface area contributed by atoms with E-state index in [4.69, 9.17) is 9.47 Å². The number of nitrogens with zero attached hydrogens (tertiary/aromatic N) is 1. The number of hydrogen-bond donors (Lipinski definition) is 2. The van der Waals surface area contributed by atoms with Gasteiger partial charge in [-0.2, -0.15) is 0 Å². The normalized spacial score (nSPS) is 13.9. The number of esters is 1. The molecule has 9 heteroatoms. The molecule has 3 atom stereocenters. The van der Waals surface area contributed by atoms with Gasteiger partial charge >= 0.3 is 12.1 Å². The van der Waals surface area contributed by atoms with Crippen molar-refractivity contribution in [1.82, 2.24) is 15.5 Å². The van der Waals surface area contributed by atoms with Crippen LogP contribution in [0.1, 0.15) is 90.6 Å². The minimum Gasteiger partial charge on any atom is -0.458 e. The van der Waals surface area contributed by atoms with E-state index in [-0.39, 0.29) is 6.42 Å². The lowest BCUT2D eigenvalue weighted by molar-refractivity contribution is -0.159. The van der Waals surface area contributed by atoms with Crippen molar-refractivity contribution in [3.8, 4) is 0 Å². The summed E-state index contributed by atoms with van der Waals surface area (Å²) in [6.45, 7) is 19.4. The average molecular weight is 596 g/mol. The number of aryl methyl sites for hydroxylation is 2. The number of benzene rings is 2. The first-order valence-electron chi connectivity index (χ1n) is 14.8. The van der Waals surface area contributed by atoms with Crippen LogP contribution >= 0.6 is 0 Å². The highest BCUT2D eigenvalue weighted by Gasteiger charge is 2.39. The minimum atomic E-state index is -1.10. The smallest absolute Gasteiger partial charge is 0.408 e. The lowest BCUT2D eigenvalue weighted by atomic mass is 9.92. The Morgan fingerprint density at radius 3 is 1.79 bits per heavy atom. The predicted octanol–water partition coefficient (Wildman–Crippen LogP) is 5.56. The quantitative estimate of drug-likeness (QED) is 0.348. The molecule has 3 amide bonds. The molecule has 0 saturated carbocycles. The van der Waals surface area contributed by atoms with Crippen LogP contribution in [0.4, 0.5) is 4.79 Å². The second-order valence-electron chi connectivity index (χ2n) is 13.2. The summed E-state index contributed by atoms with van der Waals surface area (Å²) < 4.78 is 11.0. The molecule has 2 rings (SSSR count). The Morgan fingerprint density at radius 2 is 1.30 bits per heavy atom. The fourth-order valence-corrected chi connectivity index (χ4v) is 4.77. The number of carbonyl (C=O) groups is 4. The van der Waals surface area contributed by atoms with Crippen molar-refractivity contribution in [2.24, 2.45) is 0 Å². The van der Waals surface area contributed by atoms with Crippen LogP contribution in [-0.4, -0.2) is 58.1 Å². The number of carbonyl (C=O) groups excluding carboxylic acids is 4. The highest BCUT2D eigenvalue weighted by atomic mass is 16.6. The van der Waals surface area contributed by atoms with Crippen LogP contribution in [0.15, 0.2) is 48.5 Å². The molecule has 0 aliphatic carbocycles. The van der Waals surface area contributed by atoms with Crippen molar-refractivity contribution in [3.05, 3.63) is 70.8 Å². The van der Waals surface area contributed by atoms with E-state index in [1.165, 1.54) is 4.90 Å². The molecule has 0 aliphatic rings. The Kier molecular flexibility index (Phi) is 11.9. The molecule has 43 heavy (non-hydrogen) atoms. The lowest BCUT2D eigenvalue weighted by Crippen LogP contribution is -2.56. The van der Waals surface area contributed by atoms with E-state index in [1.807, 2.05) is 62.4 Å². The molecular weight excluding hydrogens is 546 g/mol. The van der Waals surface area contributed by atoms with E-state index < -0.39 is 59.2 Å². The molecule has 2 aromatic rings. The van der Waals surface area contributed by atoms with Crippen LogP contribution in [0.25, 0.3) is 0 Å². The lowest BCUT2D eigenvalue weighted by Gasteiger charge is -2.38. The molecule has 2 N–H and O–H groups in total. The minimum absolute atomic E-state index is 0.202. The van der Waals surface area contributed by atoms with Gasteiger partial charge in [0.15, 0.2) is 0 Å². The molecule has 0 aliphatic heterocycles. The van der Waals surface area contributed by atoms with Gasteiger partial charge in [0, 0.05) is 12.5 Å². The largest absolute Gasteiger partial charge is 0.458 e. The summed E-state index contributed by atoms with van der Waals surface area (Å²) >= 11 is 0. The van der Waals surface area contributed by atoms with E-state index in [2.05, 4.69) is 10.6 Å². The topological polar surface area (TPSA) is 114 Å². The predicted molar refractivity (Wildman–Crippen MR) is 167 cm³/mol. The zero-order chi connectivity index (χ0) is 32.7. The van der Waals surface area contributed by atoms with Gasteiger partial charge in [-0.05, 0) is 98.4 Å². The number of alkyl carbamates (subject to hydrolysis) is 1. The van der Waals surface area contributed by atoms with Gasteiger partial charge in [-0.15, -0.1) is 0 Å². The Labute approximate surface area is 256 Å². The third kappa shape index (κ3) is 10.7. The van der Waals surface area contributed by atoms with Crippen molar-refractivity contribution >= 4 is 23.9 Å². The van der Waals surface area contributed by atoms with Crippen LogP contribution < -0.4 is 10.6 Å². The van der Waals surface area contributed by atoms with Gasteiger partial charge in [-0.1, -0.05) is 48.5 Å². The molecule has 236 valence electrons. The average Bonchev–Trinajstić information content (AvgIpc) is 2.85. The fraction of sp³-hybridized carbons (Fsp3) is 0.529. The van der Waals surface area contributed by atoms with E-state index in [9.17, 15) is 19.2 Å². The Morgan fingerprint density at radius 1 is 0.767 bits per heavy atom. The van der Waals surface area contributed by atoms with Gasteiger partial charge in [0.2, 0.25) is 11.8 Å². The SMILES string of the molecule is Cc1cccc(C)c1C(C(=O)NC(Cc1ccccc1)C(=O)OC(C)(C)C)N(C(=O)C(C)NC(=O)OC(C)(C)C)C(C)C. The number of ether oxygens (including phenoxy) is 2. The number of nitrogens with one attached hydrogen (secondary N) is 2. The molecule has 0 heterocycles. The highest BCUT2D eigenvalue weighted by molar-refractivity contribution is 5.94. The maximum Gasteiger partial charge on any atom is 0.408 e. The molecule has 0 bridgehead atoms. The zero-order valence-electron chi connectivity index (χ0n) is 27.5. The molecule has 3 unspecified atom stereocenters. The summed E-state index contributed by atoms with van der Waals surface area (Å²) in [7, 11) is 0. The van der Waals surface area contributed by atoms with Crippen molar-refractivity contribution in [3.63, 3.8) is 0 Å². The molecule has 0 aromatic heterocycles. The van der Waals surface area contributed by atoms with Crippen LogP contribution in [0.3, 0.4) is 0 Å². The zero-order valence-corrected chi connectivity index (χ0v) is 27.5. The maximum atomic E-state index is 14.4. The summed E-state index contributed by atoms with van der Waals surface area (Å²) in [5, 5.41) is 5.53. The van der Waals surface area contributed by atoms with E-state index >= 15 is 0 Å².